The number of carbonyl (C=O) groups excluding carboxylic acids is 1. The van der Waals surface area contributed by atoms with Crippen LogP contribution in [0, 0.1) is 5.41 Å². The van der Waals surface area contributed by atoms with Crippen molar-refractivity contribution in [2.24, 2.45) is 5.41 Å². The fraction of sp³-hybridized carbons (Fsp3) is 0.800. The third kappa shape index (κ3) is 3.91. The lowest BCUT2D eigenvalue weighted by molar-refractivity contribution is 0.0794. The van der Waals surface area contributed by atoms with E-state index in [-0.39, 0.29) is 11.8 Å². The maximum atomic E-state index is 12.5. The second-order valence-electron chi connectivity index (χ2n) is 8.27. The van der Waals surface area contributed by atoms with Gasteiger partial charge in [-0.2, -0.15) is 0 Å². The van der Waals surface area contributed by atoms with E-state index < -0.39 is 0 Å². The molecule has 1 spiro atoms. The summed E-state index contributed by atoms with van der Waals surface area (Å²) >= 11 is 0. The lowest BCUT2D eigenvalue weighted by atomic mass is 9.64. The maximum absolute atomic E-state index is 12.5. The molecule has 25 heavy (non-hydrogen) atoms. The highest BCUT2D eigenvalue weighted by Gasteiger charge is 2.36. The Labute approximate surface area is 149 Å². The molecule has 0 aromatic carbocycles. The number of carbonyl (C=O) groups is 1. The number of nitrogens with one attached hydrogen (secondary N) is 1. The molecule has 1 aromatic rings. The Morgan fingerprint density at radius 2 is 1.76 bits per heavy atom. The number of nitrogens with zero attached hydrogens (tertiary/aromatic N) is 1. The van der Waals surface area contributed by atoms with E-state index in [1.165, 1.54) is 51.2 Å². The van der Waals surface area contributed by atoms with Crippen LogP contribution in [0.4, 0.5) is 0 Å². The van der Waals surface area contributed by atoms with Gasteiger partial charge in [-0.15, -0.1) is 0 Å². The van der Waals surface area contributed by atoms with Crippen LogP contribution in [-0.2, 0) is 4.74 Å². The minimum Gasteiger partial charge on any atom is -0.448 e. The predicted octanol–water partition coefficient (Wildman–Crippen LogP) is 4.19. The lowest BCUT2D eigenvalue weighted by Gasteiger charge is -2.43. The van der Waals surface area contributed by atoms with Crippen molar-refractivity contribution in [3.05, 3.63) is 17.8 Å². The molecule has 0 unspecified atom stereocenters. The van der Waals surface area contributed by atoms with Crippen LogP contribution >= 0.6 is 0 Å². The molecule has 1 aliphatic heterocycles. The fourth-order valence-corrected chi connectivity index (χ4v) is 4.96. The highest BCUT2D eigenvalue weighted by Crippen LogP contribution is 2.47. The molecule has 0 radical (unpaired) electrons. The van der Waals surface area contributed by atoms with Crippen LogP contribution in [0.1, 0.15) is 92.9 Å². The Morgan fingerprint density at radius 3 is 2.48 bits per heavy atom. The summed E-state index contributed by atoms with van der Waals surface area (Å²) in [5, 5.41) is 3.19. The predicted molar refractivity (Wildman–Crippen MR) is 94.5 cm³/mol. The van der Waals surface area contributed by atoms with Gasteiger partial charge in [-0.25, -0.2) is 4.98 Å². The summed E-state index contributed by atoms with van der Waals surface area (Å²) in [7, 11) is 0. The quantitative estimate of drug-likeness (QED) is 0.891. The van der Waals surface area contributed by atoms with Gasteiger partial charge in [0.05, 0.1) is 0 Å². The number of ether oxygens (including phenoxy) is 1. The van der Waals surface area contributed by atoms with E-state index in [0.717, 1.165) is 38.9 Å². The first-order valence-corrected chi connectivity index (χ1v) is 10.1. The minimum absolute atomic E-state index is 0.0772. The standard InChI is InChI=1S/C20H30N2O3/c23-18(17-14-25-19(22-17)15-6-12-24-13-7-15)21-16-4-10-20(11-5-16)8-2-1-3-9-20/h14-16H,1-13H2,(H,21,23). The number of aromatic nitrogens is 1. The molecular weight excluding hydrogens is 316 g/mol. The topological polar surface area (TPSA) is 64.4 Å². The minimum atomic E-state index is -0.0772. The Bertz CT molecular complexity index is 576. The third-order valence-electron chi connectivity index (χ3n) is 6.62. The molecule has 2 saturated carbocycles. The second-order valence-corrected chi connectivity index (χ2v) is 8.27. The SMILES string of the molecule is O=C(NC1CCC2(CCCCC2)CC1)c1coc(C2CCOCC2)n1. The van der Waals surface area contributed by atoms with Crippen molar-refractivity contribution < 1.29 is 13.9 Å². The van der Waals surface area contributed by atoms with Gasteiger partial charge in [0.1, 0.15) is 6.26 Å². The normalized spacial score (nSPS) is 25.1. The summed E-state index contributed by atoms with van der Waals surface area (Å²) in [5.74, 6) is 0.904. The monoisotopic (exact) mass is 346 g/mol. The third-order valence-corrected chi connectivity index (χ3v) is 6.62. The first kappa shape index (κ1) is 17.1. The lowest BCUT2D eigenvalue weighted by Crippen LogP contribution is -2.41. The van der Waals surface area contributed by atoms with Crippen LogP contribution in [0.2, 0.25) is 0 Å². The molecule has 0 atom stereocenters. The summed E-state index contributed by atoms with van der Waals surface area (Å²) in [5.41, 5.74) is 1.02. The number of hydrogen-bond donors (Lipinski definition) is 1. The fourth-order valence-electron chi connectivity index (χ4n) is 4.96. The summed E-state index contributed by atoms with van der Waals surface area (Å²) in [6.45, 7) is 1.50. The molecule has 1 aromatic heterocycles. The zero-order chi connectivity index (χ0) is 17.1. The molecule has 0 bridgehead atoms. The van der Waals surface area contributed by atoms with E-state index in [1.807, 2.05) is 0 Å². The molecule has 3 aliphatic rings. The molecule has 138 valence electrons. The van der Waals surface area contributed by atoms with Crippen molar-refractivity contribution in [2.75, 3.05) is 13.2 Å². The van der Waals surface area contributed by atoms with Gasteiger partial charge in [0.15, 0.2) is 11.6 Å². The Hall–Kier alpha value is -1.36. The smallest absolute Gasteiger partial charge is 0.273 e. The number of oxazole rings is 1. The van der Waals surface area contributed by atoms with Crippen LogP contribution in [0.3, 0.4) is 0 Å². The Balaban J connectivity index is 1.30. The molecule has 5 heteroatoms. The van der Waals surface area contributed by atoms with Crippen LogP contribution < -0.4 is 5.32 Å². The highest BCUT2D eigenvalue weighted by molar-refractivity contribution is 5.92. The van der Waals surface area contributed by atoms with E-state index in [1.54, 1.807) is 0 Å². The van der Waals surface area contributed by atoms with Crippen LogP contribution in [0.25, 0.3) is 0 Å². The van der Waals surface area contributed by atoms with Crippen molar-refractivity contribution >= 4 is 5.91 Å². The molecule has 2 aliphatic carbocycles. The van der Waals surface area contributed by atoms with Gasteiger partial charge >= 0.3 is 0 Å². The molecular formula is C20H30N2O3. The van der Waals surface area contributed by atoms with Gasteiger partial charge in [0.2, 0.25) is 0 Å². The van der Waals surface area contributed by atoms with E-state index in [2.05, 4.69) is 10.3 Å². The van der Waals surface area contributed by atoms with Crippen molar-refractivity contribution in [2.45, 2.75) is 82.6 Å². The number of rotatable bonds is 3. The van der Waals surface area contributed by atoms with Crippen molar-refractivity contribution in [3.8, 4) is 0 Å². The number of amides is 1. The summed E-state index contributed by atoms with van der Waals surface area (Å²) < 4.78 is 11.0. The zero-order valence-corrected chi connectivity index (χ0v) is 15.1. The molecule has 5 nitrogen and oxygen atoms in total. The highest BCUT2D eigenvalue weighted by atomic mass is 16.5. The van der Waals surface area contributed by atoms with E-state index >= 15 is 0 Å². The molecule has 4 rings (SSSR count). The van der Waals surface area contributed by atoms with E-state index in [4.69, 9.17) is 9.15 Å². The Morgan fingerprint density at radius 1 is 1.04 bits per heavy atom. The van der Waals surface area contributed by atoms with Crippen LogP contribution in [0.5, 0.6) is 0 Å². The van der Waals surface area contributed by atoms with Gasteiger partial charge in [-0.05, 0) is 56.8 Å². The Kier molecular flexibility index (Phi) is 5.11. The first-order chi connectivity index (χ1) is 12.2. The summed E-state index contributed by atoms with van der Waals surface area (Å²) in [4.78, 5) is 17.0. The molecule has 1 amide bonds. The van der Waals surface area contributed by atoms with Gasteiger partial charge < -0.3 is 14.5 Å². The summed E-state index contributed by atoms with van der Waals surface area (Å²) in [6.07, 6.45) is 15.1. The molecule has 1 saturated heterocycles. The first-order valence-electron chi connectivity index (χ1n) is 10.1. The van der Waals surface area contributed by atoms with Crippen LogP contribution in [-0.4, -0.2) is 30.1 Å². The van der Waals surface area contributed by atoms with Gasteiger partial charge in [-0.3, -0.25) is 4.79 Å². The van der Waals surface area contributed by atoms with Crippen LogP contribution in [0.15, 0.2) is 10.7 Å². The molecule has 1 N–H and O–H groups in total. The summed E-state index contributed by atoms with van der Waals surface area (Å²) in [6, 6.07) is 0.295. The van der Waals surface area contributed by atoms with Crippen molar-refractivity contribution in [1.29, 1.82) is 0 Å². The number of hydrogen-bond acceptors (Lipinski definition) is 4. The average Bonchev–Trinajstić information content (AvgIpc) is 3.16. The maximum Gasteiger partial charge on any atom is 0.273 e. The van der Waals surface area contributed by atoms with Crippen molar-refractivity contribution in [1.82, 2.24) is 10.3 Å². The zero-order valence-electron chi connectivity index (χ0n) is 15.1. The average molecular weight is 346 g/mol. The van der Waals surface area contributed by atoms with Crippen molar-refractivity contribution in [3.63, 3.8) is 0 Å². The molecule has 3 fully saturated rings. The largest absolute Gasteiger partial charge is 0.448 e. The molecule has 2 heterocycles. The van der Waals surface area contributed by atoms with E-state index in [0.29, 0.717) is 23.0 Å². The van der Waals surface area contributed by atoms with Gasteiger partial charge in [0.25, 0.3) is 5.91 Å². The second kappa shape index (κ2) is 7.48. The van der Waals surface area contributed by atoms with Gasteiger partial charge in [-0.1, -0.05) is 19.3 Å². The van der Waals surface area contributed by atoms with E-state index in [9.17, 15) is 4.79 Å². The van der Waals surface area contributed by atoms with Gasteiger partial charge in [0, 0.05) is 25.2 Å².